The van der Waals surface area contributed by atoms with Crippen molar-refractivity contribution in [1.29, 1.82) is 0 Å². The SMILES string of the molecule is CC1CCC(NC(C)C(F)(F)F)C1C. The third-order valence-corrected chi connectivity index (χ3v) is 3.42. The van der Waals surface area contributed by atoms with Crippen LogP contribution in [0, 0.1) is 11.8 Å². The largest absolute Gasteiger partial charge is 0.403 e. The summed E-state index contributed by atoms with van der Waals surface area (Å²) in [7, 11) is 0. The van der Waals surface area contributed by atoms with E-state index in [0.717, 1.165) is 12.8 Å². The Morgan fingerprint density at radius 1 is 1.21 bits per heavy atom. The van der Waals surface area contributed by atoms with Gasteiger partial charge in [0, 0.05) is 6.04 Å². The van der Waals surface area contributed by atoms with Crippen molar-refractivity contribution in [3.05, 3.63) is 0 Å². The van der Waals surface area contributed by atoms with Crippen LogP contribution in [0.4, 0.5) is 13.2 Å². The third kappa shape index (κ3) is 2.62. The first kappa shape index (κ1) is 11.8. The van der Waals surface area contributed by atoms with Gasteiger partial charge in [0.05, 0.1) is 0 Å². The van der Waals surface area contributed by atoms with Gasteiger partial charge in [-0.3, -0.25) is 0 Å². The van der Waals surface area contributed by atoms with Crippen LogP contribution >= 0.6 is 0 Å². The van der Waals surface area contributed by atoms with Crippen LogP contribution in [-0.4, -0.2) is 18.3 Å². The topological polar surface area (TPSA) is 12.0 Å². The maximum atomic E-state index is 12.3. The van der Waals surface area contributed by atoms with Crippen LogP contribution in [0.5, 0.6) is 0 Å². The molecule has 84 valence electrons. The van der Waals surface area contributed by atoms with Gasteiger partial charge in [-0.1, -0.05) is 13.8 Å². The number of alkyl halides is 3. The second kappa shape index (κ2) is 4.09. The molecule has 0 spiro atoms. The van der Waals surface area contributed by atoms with E-state index in [-0.39, 0.29) is 6.04 Å². The predicted octanol–water partition coefficient (Wildman–Crippen LogP) is 2.96. The van der Waals surface area contributed by atoms with E-state index in [1.165, 1.54) is 6.92 Å². The van der Waals surface area contributed by atoms with E-state index in [1.54, 1.807) is 0 Å². The minimum atomic E-state index is -4.12. The lowest BCUT2D eigenvalue weighted by Gasteiger charge is -2.25. The minimum absolute atomic E-state index is 0.0293. The summed E-state index contributed by atoms with van der Waals surface area (Å²) in [5, 5.41) is 2.67. The maximum absolute atomic E-state index is 12.3. The molecule has 4 unspecified atom stereocenters. The smallest absolute Gasteiger partial charge is 0.303 e. The van der Waals surface area contributed by atoms with Crippen molar-refractivity contribution in [1.82, 2.24) is 5.32 Å². The van der Waals surface area contributed by atoms with E-state index < -0.39 is 12.2 Å². The van der Waals surface area contributed by atoms with Crippen LogP contribution in [0.1, 0.15) is 33.6 Å². The van der Waals surface area contributed by atoms with E-state index >= 15 is 0 Å². The van der Waals surface area contributed by atoms with Gasteiger partial charge in [0.25, 0.3) is 0 Å². The Labute approximate surface area is 83.1 Å². The Hall–Kier alpha value is -0.250. The van der Waals surface area contributed by atoms with Gasteiger partial charge in [0.15, 0.2) is 0 Å². The Kier molecular flexibility index (Phi) is 3.45. The monoisotopic (exact) mass is 209 g/mol. The van der Waals surface area contributed by atoms with Crippen molar-refractivity contribution in [2.75, 3.05) is 0 Å². The van der Waals surface area contributed by atoms with Gasteiger partial charge in [-0.05, 0) is 31.6 Å². The van der Waals surface area contributed by atoms with Gasteiger partial charge in [-0.15, -0.1) is 0 Å². The molecule has 1 aliphatic rings. The summed E-state index contributed by atoms with van der Waals surface area (Å²) in [4.78, 5) is 0. The number of nitrogens with one attached hydrogen (secondary N) is 1. The fourth-order valence-electron chi connectivity index (χ4n) is 2.02. The van der Waals surface area contributed by atoms with Gasteiger partial charge < -0.3 is 5.32 Å². The maximum Gasteiger partial charge on any atom is 0.403 e. The standard InChI is InChI=1S/C10H18F3N/c1-6-4-5-9(7(6)2)14-8(3)10(11,12)13/h6-9,14H,4-5H2,1-3H3. The molecule has 4 atom stereocenters. The van der Waals surface area contributed by atoms with E-state index in [0.29, 0.717) is 11.8 Å². The molecule has 1 fully saturated rings. The first-order valence-electron chi connectivity index (χ1n) is 5.15. The molecular formula is C10H18F3N. The second-order valence-electron chi connectivity index (χ2n) is 4.45. The molecule has 0 aliphatic heterocycles. The van der Waals surface area contributed by atoms with E-state index in [9.17, 15) is 13.2 Å². The van der Waals surface area contributed by atoms with Crippen molar-refractivity contribution in [3.8, 4) is 0 Å². The van der Waals surface area contributed by atoms with Crippen molar-refractivity contribution < 1.29 is 13.2 Å². The fourth-order valence-corrected chi connectivity index (χ4v) is 2.02. The highest BCUT2D eigenvalue weighted by molar-refractivity contribution is 4.87. The molecular weight excluding hydrogens is 191 g/mol. The summed E-state index contributed by atoms with van der Waals surface area (Å²) in [6.07, 6.45) is -2.22. The Balaban J connectivity index is 2.46. The fraction of sp³-hybridized carbons (Fsp3) is 1.00. The van der Waals surface area contributed by atoms with Crippen LogP contribution < -0.4 is 5.32 Å². The average Bonchev–Trinajstić information content (AvgIpc) is 2.34. The first-order chi connectivity index (χ1) is 6.32. The van der Waals surface area contributed by atoms with Crippen LogP contribution in [0.2, 0.25) is 0 Å². The van der Waals surface area contributed by atoms with Gasteiger partial charge >= 0.3 is 6.18 Å². The van der Waals surface area contributed by atoms with Crippen molar-refractivity contribution in [3.63, 3.8) is 0 Å². The second-order valence-corrected chi connectivity index (χ2v) is 4.45. The lowest BCUT2D eigenvalue weighted by Crippen LogP contribution is -2.46. The summed E-state index contributed by atoms with van der Waals surface area (Å²) >= 11 is 0. The molecule has 0 bridgehead atoms. The lowest BCUT2D eigenvalue weighted by atomic mass is 9.97. The predicted molar refractivity (Wildman–Crippen MR) is 50.0 cm³/mol. The van der Waals surface area contributed by atoms with E-state index in [1.807, 2.05) is 6.92 Å². The molecule has 0 amide bonds. The lowest BCUT2D eigenvalue weighted by molar-refractivity contribution is -0.153. The third-order valence-electron chi connectivity index (χ3n) is 3.42. The van der Waals surface area contributed by atoms with Crippen LogP contribution in [-0.2, 0) is 0 Å². The summed E-state index contributed by atoms with van der Waals surface area (Å²) in [6, 6.07) is -1.36. The molecule has 0 aromatic carbocycles. The quantitative estimate of drug-likeness (QED) is 0.737. The zero-order valence-electron chi connectivity index (χ0n) is 8.86. The molecule has 1 aliphatic carbocycles. The molecule has 0 radical (unpaired) electrons. The molecule has 14 heavy (non-hydrogen) atoms. The average molecular weight is 209 g/mol. The molecule has 0 aromatic rings. The Morgan fingerprint density at radius 3 is 2.14 bits per heavy atom. The van der Waals surface area contributed by atoms with Crippen molar-refractivity contribution in [2.45, 2.75) is 51.9 Å². The number of rotatable bonds is 2. The normalized spacial score (nSPS) is 36.0. The highest BCUT2D eigenvalue weighted by Crippen LogP contribution is 2.32. The molecule has 1 nitrogen and oxygen atoms in total. The summed E-state index contributed by atoms with van der Waals surface area (Å²) in [5.74, 6) is 0.882. The Bertz CT molecular complexity index is 190. The van der Waals surface area contributed by atoms with E-state index in [4.69, 9.17) is 0 Å². The molecule has 0 heterocycles. The summed E-state index contributed by atoms with van der Waals surface area (Å²) < 4.78 is 36.8. The van der Waals surface area contributed by atoms with E-state index in [2.05, 4.69) is 12.2 Å². The van der Waals surface area contributed by atoms with Gasteiger partial charge in [0.1, 0.15) is 6.04 Å². The number of hydrogen-bond donors (Lipinski definition) is 1. The molecule has 0 saturated heterocycles. The first-order valence-corrected chi connectivity index (χ1v) is 5.15. The molecule has 4 heteroatoms. The molecule has 1 N–H and O–H groups in total. The molecule has 1 rings (SSSR count). The van der Waals surface area contributed by atoms with Crippen LogP contribution in [0.3, 0.4) is 0 Å². The highest BCUT2D eigenvalue weighted by atomic mass is 19.4. The zero-order valence-corrected chi connectivity index (χ0v) is 8.86. The van der Waals surface area contributed by atoms with Gasteiger partial charge in [-0.2, -0.15) is 13.2 Å². The number of halogens is 3. The minimum Gasteiger partial charge on any atom is -0.303 e. The molecule has 0 aromatic heterocycles. The van der Waals surface area contributed by atoms with Crippen LogP contribution in [0.15, 0.2) is 0 Å². The highest BCUT2D eigenvalue weighted by Gasteiger charge is 2.39. The van der Waals surface area contributed by atoms with Gasteiger partial charge in [0.2, 0.25) is 0 Å². The summed E-state index contributed by atoms with van der Waals surface area (Å²) in [6.45, 7) is 5.32. The zero-order chi connectivity index (χ0) is 10.9. The summed E-state index contributed by atoms with van der Waals surface area (Å²) in [5.41, 5.74) is 0. The Morgan fingerprint density at radius 2 is 1.79 bits per heavy atom. The number of hydrogen-bond acceptors (Lipinski definition) is 1. The van der Waals surface area contributed by atoms with Crippen molar-refractivity contribution >= 4 is 0 Å². The molecule has 1 saturated carbocycles. The van der Waals surface area contributed by atoms with Crippen molar-refractivity contribution in [2.24, 2.45) is 11.8 Å². The van der Waals surface area contributed by atoms with Gasteiger partial charge in [-0.25, -0.2) is 0 Å². The van der Waals surface area contributed by atoms with Crippen LogP contribution in [0.25, 0.3) is 0 Å².